The third kappa shape index (κ3) is 4.30. The highest BCUT2D eigenvalue weighted by atomic mass is 35.5. The molecule has 2 aliphatic heterocycles. The maximum absolute atomic E-state index is 10.8. The van der Waals surface area contributed by atoms with E-state index in [1.165, 1.54) is 5.56 Å². The van der Waals surface area contributed by atoms with Crippen LogP contribution < -0.4 is 0 Å². The summed E-state index contributed by atoms with van der Waals surface area (Å²) < 4.78 is 0. The van der Waals surface area contributed by atoms with Gasteiger partial charge in [0.05, 0.1) is 12.1 Å². The van der Waals surface area contributed by atoms with Crippen molar-refractivity contribution in [1.29, 1.82) is 0 Å². The van der Waals surface area contributed by atoms with E-state index in [4.69, 9.17) is 28.0 Å². The quantitative estimate of drug-likeness (QED) is 0.793. The molecule has 0 amide bonds. The minimum absolute atomic E-state index is 0.354. The second kappa shape index (κ2) is 7.80. The van der Waals surface area contributed by atoms with Gasteiger partial charge in [0, 0.05) is 28.1 Å². The van der Waals surface area contributed by atoms with Crippen LogP contribution >= 0.6 is 23.2 Å². The van der Waals surface area contributed by atoms with Crippen molar-refractivity contribution >= 4 is 28.9 Å². The fourth-order valence-corrected chi connectivity index (χ4v) is 4.05. The maximum Gasteiger partial charge on any atom is 0.266 e. The van der Waals surface area contributed by atoms with E-state index in [1.807, 2.05) is 12.1 Å². The van der Waals surface area contributed by atoms with Crippen LogP contribution in [0.4, 0.5) is 0 Å². The molecule has 6 heteroatoms. The molecule has 0 saturated carbocycles. The Balaban J connectivity index is 1.32. The summed E-state index contributed by atoms with van der Waals surface area (Å²) in [5.74, 6) is -1.02. The molecule has 0 radical (unpaired) electrons. The number of nitrogens with zero attached hydrogens (tertiary/aromatic N) is 2. The predicted octanol–water partition coefficient (Wildman–Crippen LogP) is 4.83. The molecule has 0 bridgehead atoms. The number of hydrogen-bond acceptors (Lipinski definition) is 4. The normalized spacial score (nSPS) is 23.9. The lowest BCUT2D eigenvalue weighted by molar-refractivity contribution is -0.193. The summed E-state index contributed by atoms with van der Waals surface area (Å²) in [4.78, 5) is 7.89. The highest BCUT2D eigenvalue weighted by molar-refractivity contribution is 6.30. The number of benzene rings is 2. The third-order valence-electron chi connectivity index (χ3n) is 5.41. The zero-order valence-electron chi connectivity index (χ0n) is 14.9. The zero-order chi connectivity index (χ0) is 18.9. The number of rotatable bonds is 4. The van der Waals surface area contributed by atoms with E-state index in [2.05, 4.69) is 22.2 Å². The summed E-state index contributed by atoms with van der Waals surface area (Å²) in [6, 6.07) is 15.1. The molecule has 1 N–H and O–H groups in total. The van der Waals surface area contributed by atoms with Crippen molar-refractivity contribution in [3.8, 4) is 0 Å². The van der Waals surface area contributed by atoms with Gasteiger partial charge in [-0.2, -0.15) is 0 Å². The Morgan fingerprint density at radius 3 is 2.22 bits per heavy atom. The molecule has 2 aromatic carbocycles. The van der Waals surface area contributed by atoms with Crippen molar-refractivity contribution in [2.24, 2.45) is 11.1 Å². The van der Waals surface area contributed by atoms with E-state index in [-0.39, 0.29) is 0 Å². The van der Waals surface area contributed by atoms with Gasteiger partial charge in [-0.15, -0.1) is 0 Å². The number of halogens is 2. The molecule has 27 heavy (non-hydrogen) atoms. The number of likely N-dealkylation sites (tertiary alicyclic amines) is 1. The molecular formula is C21H22Cl2N2O2. The van der Waals surface area contributed by atoms with E-state index in [9.17, 15) is 5.11 Å². The molecule has 1 fully saturated rings. The molecule has 1 saturated heterocycles. The Bertz CT molecular complexity index is 815. The first-order valence-electron chi connectivity index (χ1n) is 9.22. The number of piperidine rings is 1. The maximum atomic E-state index is 10.8. The van der Waals surface area contributed by atoms with Crippen LogP contribution in [0.2, 0.25) is 10.0 Å². The highest BCUT2D eigenvalue weighted by Gasteiger charge is 2.41. The van der Waals surface area contributed by atoms with Gasteiger partial charge in [-0.3, -0.25) is 4.90 Å². The first-order chi connectivity index (χ1) is 13.0. The fraction of sp³-hybridized carbons (Fsp3) is 0.381. The van der Waals surface area contributed by atoms with Crippen LogP contribution in [0.15, 0.2) is 53.7 Å². The average molecular weight is 405 g/mol. The molecule has 1 atom stereocenters. The Kier molecular flexibility index (Phi) is 5.42. The molecule has 4 rings (SSSR count). The van der Waals surface area contributed by atoms with Crippen molar-refractivity contribution in [3.05, 3.63) is 69.7 Å². The lowest BCUT2D eigenvalue weighted by atomic mass is 9.87. The summed E-state index contributed by atoms with van der Waals surface area (Å²) in [5, 5.41) is 16.5. The van der Waals surface area contributed by atoms with Crippen LogP contribution in [0.3, 0.4) is 0 Å². The van der Waals surface area contributed by atoms with Gasteiger partial charge in [-0.1, -0.05) is 52.6 Å². The minimum Gasteiger partial charge on any atom is -0.355 e. The Morgan fingerprint density at radius 2 is 1.59 bits per heavy atom. The second-order valence-electron chi connectivity index (χ2n) is 7.32. The van der Waals surface area contributed by atoms with Gasteiger partial charge >= 0.3 is 0 Å². The smallest absolute Gasteiger partial charge is 0.266 e. The molecular weight excluding hydrogens is 383 g/mol. The van der Waals surface area contributed by atoms with E-state index >= 15 is 0 Å². The molecule has 1 unspecified atom stereocenters. The van der Waals surface area contributed by atoms with E-state index in [0.29, 0.717) is 22.9 Å². The van der Waals surface area contributed by atoms with Crippen molar-refractivity contribution in [3.63, 3.8) is 0 Å². The first-order valence-corrected chi connectivity index (χ1v) is 9.98. The molecule has 142 valence electrons. The summed E-state index contributed by atoms with van der Waals surface area (Å²) in [5.41, 5.74) is 2.92. The summed E-state index contributed by atoms with van der Waals surface area (Å²) >= 11 is 11.9. The van der Waals surface area contributed by atoms with Gasteiger partial charge in [0.15, 0.2) is 0 Å². The lowest BCUT2D eigenvalue weighted by Gasteiger charge is -2.32. The molecule has 0 aliphatic carbocycles. The Hall–Kier alpha value is -1.59. The van der Waals surface area contributed by atoms with Crippen LogP contribution in [-0.4, -0.2) is 28.8 Å². The van der Waals surface area contributed by atoms with Crippen LogP contribution in [0.1, 0.15) is 30.4 Å². The Morgan fingerprint density at radius 1 is 1.00 bits per heavy atom. The monoisotopic (exact) mass is 404 g/mol. The summed E-state index contributed by atoms with van der Waals surface area (Å²) in [7, 11) is 0. The van der Waals surface area contributed by atoms with Gasteiger partial charge in [-0.25, -0.2) is 0 Å². The van der Waals surface area contributed by atoms with Gasteiger partial charge in [0.25, 0.3) is 5.79 Å². The van der Waals surface area contributed by atoms with Gasteiger partial charge in [0.2, 0.25) is 0 Å². The third-order valence-corrected chi connectivity index (χ3v) is 5.91. The standard InChI is InChI=1S/C21H22Cl2N2O2/c22-18-5-1-15(2-6-18)14-25-11-9-16(10-12-25)20-13-21(26,27-24-20)17-3-7-19(23)8-4-17/h1-8,16,26H,9-14H2. The average Bonchev–Trinajstić information content (AvgIpc) is 3.08. The van der Waals surface area contributed by atoms with Gasteiger partial charge in [0.1, 0.15) is 0 Å². The number of oxime groups is 1. The first kappa shape index (κ1) is 18.8. The van der Waals surface area contributed by atoms with Crippen molar-refractivity contribution in [1.82, 2.24) is 4.90 Å². The second-order valence-corrected chi connectivity index (χ2v) is 8.19. The van der Waals surface area contributed by atoms with Gasteiger partial charge < -0.3 is 9.94 Å². The molecule has 0 spiro atoms. The summed E-state index contributed by atoms with van der Waals surface area (Å²) in [6.45, 7) is 2.94. The zero-order valence-corrected chi connectivity index (χ0v) is 16.5. The topological polar surface area (TPSA) is 45.1 Å². The van der Waals surface area contributed by atoms with Gasteiger partial charge in [-0.05, 0) is 55.8 Å². The Labute approximate surface area is 169 Å². The van der Waals surface area contributed by atoms with E-state index in [0.717, 1.165) is 43.2 Å². The number of hydrogen-bond donors (Lipinski definition) is 1. The molecule has 2 aliphatic rings. The molecule has 2 aromatic rings. The predicted molar refractivity (Wildman–Crippen MR) is 108 cm³/mol. The van der Waals surface area contributed by atoms with Crippen LogP contribution in [-0.2, 0) is 17.2 Å². The van der Waals surface area contributed by atoms with Crippen molar-refractivity contribution < 1.29 is 9.94 Å². The SMILES string of the molecule is OC1(c2ccc(Cl)cc2)CC(C2CCN(Cc3ccc(Cl)cc3)CC2)=NO1. The van der Waals surface area contributed by atoms with Crippen LogP contribution in [0, 0.1) is 5.92 Å². The lowest BCUT2D eigenvalue weighted by Crippen LogP contribution is -2.36. The van der Waals surface area contributed by atoms with Crippen LogP contribution in [0.5, 0.6) is 0 Å². The highest BCUT2D eigenvalue weighted by Crippen LogP contribution is 2.36. The minimum atomic E-state index is -1.37. The number of aliphatic hydroxyl groups is 1. The molecule has 2 heterocycles. The van der Waals surface area contributed by atoms with Crippen LogP contribution in [0.25, 0.3) is 0 Å². The molecule has 4 nitrogen and oxygen atoms in total. The summed E-state index contributed by atoms with van der Waals surface area (Å²) in [6.07, 6.45) is 2.45. The van der Waals surface area contributed by atoms with E-state index in [1.54, 1.807) is 24.3 Å². The fourth-order valence-electron chi connectivity index (χ4n) is 3.80. The molecule has 0 aromatic heterocycles. The largest absolute Gasteiger partial charge is 0.355 e. The van der Waals surface area contributed by atoms with Crippen molar-refractivity contribution in [2.45, 2.75) is 31.6 Å². The van der Waals surface area contributed by atoms with E-state index < -0.39 is 5.79 Å². The van der Waals surface area contributed by atoms with Crippen molar-refractivity contribution in [2.75, 3.05) is 13.1 Å².